The third kappa shape index (κ3) is 7.13. The number of sulfonamides is 1. The minimum absolute atomic E-state index is 0.0676. The molecule has 1 atom stereocenters. The largest absolute Gasteiger partial charge is 0.395 e. The van der Waals surface area contributed by atoms with E-state index in [0.29, 0.717) is 11.3 Å². The highest BCUT2D eigenvalue weighted by atomic mass is 35.5. The first-order valence-electron chi connectivity index (χ1n) is 6.25. The number of thiophene rings is 1. The molecule has 13 heteroatoms. The quantitative estimate of drug-likeness (QED) is 0.664. The summed E-state index contributed by atoms with van der Waals surface area (Å²) in [7, 11) is -4.42. The van der Waals surface area contributed by atoms with Crippen LogP contribution < -0.4 is 4.72 Å². The topological polar surface area (TPSA) is 66.4 Å². The minimum Gasteiger partial charge on any atom is -0.395 e. The van der Waals surface area contributed by atoms with Crippen LogP contribution in [0.2, 0.25) is 4.34 Å². The van der Waals surface area contributed by atoms with E-state index in [1.165, 1.54) is 6.07 Å². The van der Waals surface area contributed by atoms with Crippen LogP contribution >= 0.6 is 22.9 Å². The maximum Gasteiger partial charge on any atom is 0.389 e. The van der Waals surface area contributed by atoms with E-state index in [1.807, 2.05) is 0 Å². The molecule has 0 unspecified atom stereocenters. The van der Waals surface area contributed by atoms with Crippen LogP contribution in [-0.2, 0) is 10.0 Å². The number of alkyl halides is 6. The van der Waals surface area contributed by atoms with E-state index < -0.39 is 53.8 Å². The lowest BCUT2D eigenvalue weighted by molar-refractivity contribution is -0.176. The summed E-state index contributed by atoms with van der Waals surface area (Å²) in [5.74, 6) is -2.21. The van der Waals surface area contributed by atoms with Gasteiger partial charge in [0.25, 0.3) is 0 Å². The van der Waals surface area contributed by atoms with E-state index in [-0.39, 0.29) is 8.55 Å². The molecule has 0 saturated heterocycles. The molecule has 1 heterocycles. The standard InChI is InChI=1S/C11H12ClF6NO3S2/c12-8-1-2-9(23-8)24(21,22)19-7(5-20)6(3-10(13,14)15)4-11(16,17)18/h1-2,6-7,19-20H,3-5H2/t7-/m1/s1. The summed E-state index contributed by atoms with van der Waals surface area (Å²) in [6.45, 7) is -1.23. The predicted octanol–water partition coefficient (Wildman–Crippen LogP) is 3.56. The number of aliphatic hydroxyl groups excluding tert-OH is 1. The molecule has 1 rings (SSSR count). The first-order chi connectivity index (χ1) is 10.7. The lowest BCUT2D eigenvalue weighted by Crippen LogP contribution is -2.45. The van der Waals surface area contributed by atoms with Crippen molar-refractivity contribution in [2.45, 2.75) is 35.4 Å². The molecule has 0 aliphatic carbocycles. The molecule has 0 aliphatic rings. The Balaban J connectivity index is 3.04. The smallest absolute Gasteiger partial charge is 0.389 e. The summed E-state index contributed by atoms with van der Waals surface area (Å²) in [4.78, 5) is 0. The zero-order chi connectivity index (χ0) is 18.8. The molecule has 0 saturated carbocycles. The molecule has 0 radical (unpaired) electrons. The third-order valence-electron chi connectivity index (χ3n) is 2.87. The lowest BCUT2D eigenvalue weighted by Gasteiger charge is -2.27. The number of hydrogen-bond acceptors (Lipinski definition) is 4. The average molecular weight is 420 g/mol. The van der Waals surface area contributed by atoms with Crippen LogP contribution in [-0.4, -0.2) is 38.5 Å². The SMILES string of the molecule is O=S(=O)(N[C@H](CO)C(CC(F)(F)F)CC(F)(F)F)c1ccc(Cl)s1. The van der Waals surface area contributed by atoms with Gasteiger partial charge in [0, 0.05) is 18.9 Å². The molecule has 2 N–H and O–H groups in total. The molecule has 0 aliphatic heterocycles. The van der Waals surface area contributed by atoms with Gasteiger partial charge in [0.05, 0.1) is 10.9 Å². The highest BCUT2D eigenvalue weighted by molar-refractivity contribution is 7.91. The third-order valence-corrected chi connectivity index (χ3v) is 6.09. The first kappa shape index (κ1) is 21.5. The number of aliphatic hydroxyl groups is 1. The van der Waals surface area contributed by atoms with Crippen LogP contribution in [0.3, 0.4) is 0 Å². The Morgan fingerprint density at radius 3 is 1.96 bits per heavy atom. The van der Waals surface area contributed by atoms with Gasteiger partial charge in [-0.25, -0.2) is 13.1 Å². The predicted molar refractivity (Wildman–Crippen MR) is 75.4 cm³/mol. The van der Waals surface area contributed by atoms with Crippen LogP contribution in [0.4, 0.5) is 26.3 Å². The number of rotatable bonds is 7. The van der Waals surface area contributed by atoms with E-state index in [2.05, 4.69) is 0 Å². The summed E-state index contributed by atoms with van der Waals surface area (Å²) in [6.07, 6.45) is -13.7. The van der Waals surface area contributed by atoms with Crippen LogP contribution in [0.25, 0.3) is 0 Å². The number of halogens is 7. The Hall–Kier alpha value is -0.560. The molecule has 0 bridgehead atoms. The minimum atomic E-state index is -4.96. The maximum atomic E-state index is 12.5. The van der Waals surface area contributed by atoms with Crippen molar-refractivity contribution in [1.82, 2.24) is 4.72 Å². The van der Waals surface area contributed by atoms with E-state index in [0.717, 1.165) is 6.07 Å². The highest BCUT2D eigenvalue weighted by Gasteiger charge is 2.43. The first-order valence-corrected chi connectivity index (χ1v) is 8.93. The summed E-state index contributed by atoms with van der Waals surface area (Å²) in [6, 6.07) is 0.295. The zero-order valence-corrected chi connectivity index (χ0v) is 14.0. The summed E-state index contributed by atoms with van der Waals surface area (Å²) < 4.78 is 100. The molecule has 0 aromatic carbocycles. The van der Waals surface area contributed by atoms with E-state index in [1.54, 1.807) is 4.72 Å². The van der Waals surface area contributed by atoms with Gasteiger partial charge < -0.3 is 5.11 Å². The molecule has 4 nitrogen and oxygen atoms in total. The van der Waals surface area contributed by atoms with Crippen molar-refractivity contribution in [2.75, 3.05) is 6.61 Å². The second-order valence-corrected chi connectivity index (χ2v) is 8.52. The fourth-order valence-corrected chi connectivity index (χ4v) is 4.73. The van der Waals surface area contributed by atoms with Crippen LogP contribution in [0.1, 0.15) is 12.8 Å². The van der Waals surface area contributed by atoms with Crippen molar-refractivity contribution >= 4 is 33.0 Å². The molecule has 1 aromatic heterocycles. The van der Waals surface area contributed by atoms with Crippen LogP contribution in [0.15, 0.2) is 16.3 Å². The molecular weight excluding hydrogens is 408 g/mol. The van der Waals surface area contributed by atoms with Gasteiger partial charge in [-0.1, -0.05) is 11.6 Å². The summed E-state index contributed by atoms with van der Waals surface area (Å²) in [5.41, 5.74) is 0. The molecule has 0 spiro atoms. The van der Waals surface area contributed by atoms with Crippen molar-refractivity contribution in [2.24, 2.45) is 5.92 Å². The highest BCUT2D eigenvalue weighted by Crippen LogP contribution is 2.35. The summed E-state index contributed by atoms with van der Waals surface area (Å²) in [5, 5.41) is 9.12. The molecule has 24 heavy (non-hydrogen) atoms. The normalized spacial score (nSPS) is 15.0. The lowest BCUT2D eigenvalue weighted by atomic mass is 9.93. The molecule has 140 valence electrons. The van der Waals surface area contributed by atoms with Gasteiger partial charge in [0.2, 0.25) is 10.0 Å². The number of nitrogens with one attached hydrogen (secondary N) is 1. The second-order valence-electron chi connectivity index (χ2n) is 4.87. The van der Waals surface area contributed by atoms with E-state index in [9.17, 15) is 34.8 Å². The molecule has 0 amide bonds. The van der Waals surface area contributed by atoms with Gasteiger partial charge >= 0.3 is 12.4 Å². The maximum absolute atomic E-state index is 12.5. The fourth-order valence-electron chi connectivity index (χ4n) is 1.93. The van der Waals surface area contributed by atoms with Gasteiger partial charge in [-0.2, -0.15) is 26.3 Å². The second kappa shape index (κ2) is 7.77. The van der Waals surface area contributed by atoms with Crippen molar-refractivity contribution in [1.29, 1.82) is 0 Å². The Bertz CT molecular complexity index is 627. The van der Waals surface area contributed by atoms with Gasteiger partial charge in [-0.3, -0.25) is 0 Å². The van der Waals surface area contributed by atoms with Gasteiger partial charge in [0.1, 0.15) is 4.21 Å². The van der Waals surface area contributed by atoms with Crippen molar-refractivity contribution in [3.8, 4) is 0 Å². The van der Waals surface area contributed by atoms with Crippen molar-refractivity contribution < 1.29 is 39.9 Å². The zero-order valence-electron chi connectivity index (χ0n) is 11.7. The van der Waals surface area contributed by atoms with Crippen molar-refractivity contribution in [3.05, 3.63) is 16.5 Å². The molecule has 1 aromatic rings. The molecular formula is C11H12ClF6NO3S2. The fraction of sp³-hybridized carbons (Fsp3) is 0.636. The van der Waals surface area contributed by atoms with Crippen molar-refractivity contribution in [3.63, 3.8) is 0 Å². The molecule has 0 fully saturated rings. The Morgan fingerprint density at radius 2 is 1.62 bits per heavy atom. The van der Waals surface area contributed by atoms with Crippen LogP contribution in [0.5, 0.6) is 0 Å². The van der Waals surface area contributed by atoms with Crippen LogP contribution in [0, 0.1) is 5.92 Å². The number of hydrogen-bond donors (Lipinski definition) is 2. The van der Waals surface area contributed by atoms with E-state index in [4.69, 9.17) is 16.7 Å². The Labute approximate surface area is 142 Å². The van der Waals surface area contributed by atoms with Gasteiger partial charge in [-0.05, 0) is 18.1 Å². The summed E-state index contributed by atoms with van der Waals surface area (Å²) >= 11 is 6.13. The monoisotopic (exact) mass is 419 g/mol. The average Bonchev–Trinajstić information content (AvgIpc) is 2.79. The van der Waals surface area contributed by atoms with Gasteiger partial charge in [-0.15, -0.1) is 11.3 Å². The Kier molecular flexibility index (Phi) is 6.95. The Morgan fingerprint density at radius 1 is 1.12 bits per heavy atom. The van der Waals surface area contributed by atoms with E-state index >= 15 is 0 Å². The van der Waals surface area contributed by atoms with Gasteiger partial charge in [0.15, 0.2) is 0 Å².